The van der Waals surface area contributed by atoms with E-state index in [0.717, 1.165) is 22.5 Å². The molecule has 0 bridgehead atoms. The lowest BCUT2D eigenvalue weighted by atomic mass is 10.2. The summed E-state index contributed by atoms with van der Waals surface area (Å²) >= 11 is 3.37. The number of H-pyrrole nitrogens is 1. The summed E-state index contributed by atoms with van der Waals surface area (Å²) < 4.78 is 0.864. The largest absolute Gasteiger partial charge is 0.379 e. The molecule has 1 aromatic carbocycles. The van der Waals surface area contributed by atoms with Crippen LogP contribution in [0.2, 0.25) is 0 Å². The Morgan fingerprint density at radius 2 is 2.05 bits per heavy atom. The van der Waals surface area contributed by atoms with Gasteiger partial charge in [-0.2, -0.15) is 0 Å². The number of rotatable bonds is 3. The molecule has 2 aromatic heterocycles. The highest BCUT2D eigenvalue weighted by molar-refractivity contribution is 9.10. The quantitative estimate of drug-likeness (QED) is 0.709. The molecule has 0 spiro atoms. The monoisotopic (exact) mass is 315 g/mol. The summed E-state index contributed by atoms with van der Waals surface area (Å²) in [5.41, 5.74) is 4.49. The summed E-state index contributed by atoms with van der Waals surface area (Å²) in [6, 6.07) is 12.3. The number of aromatic amines is 1. The Morgan fingerprint density at radius 3 is 2.89 bits per heavy atom. The van der Waals surface area contributed by atoms with Crippen LogP contribution in [0.4, 0.5) is 5.69 Å². The van der Waals surface area contributed by atoms with Crippen LogP contribution in [0.15, 0.2) is 47.2 Å². The van der Waals surface area contributed by atoms with E-state index >= 15 is 0 Å². The number of anilines is 1. The van der Waals surface area contributed by atoms with Crippen molar-refractivity contribution in [2.75, 3.05) is 5.32 Å². The van der Waals surface area contributed by atoms with Crippen LogP contribution < -0.4 is 5.32 Å². The van der Waals surface area contributed by atoms with Crippen molar-refractivity contribution in [1.82, 2.24) is 9.97 Å². The van der Waals surface area contributed by atoms with Gasteiger partial charge in [-0.25, -0.2) is 4.98 Å². The molecule has 96 valence electrons. The van der Waals surface area contributed by atoms with Crippen molar-refractivity contribution in [2.45, 2.75) is 13.5 Å². The van der Waals surface area contributed by atoms with Gasteiger partial charge >= 0.3 is 0 Å². The fourth-order valence-corrected chi connectivity index (χ4v) is 2.58. The fourth-order valence-electron chi connectivity index (χ4n) is 2.19. The maximum atomic E-state index is 4.38. The van der Waals surface area contributed by atoms with Crippen molar-refractivity contribution in [3.63, 3.8) is 0 Å². The van der Waals surface area contributed by atoms with Crippen LogP contribution in [0.25, 0.3) is 10.9 Å². The number of fused-ring (bicyclic) bond motifs is 1. The summed E-state index contributed by atoms with van der Waals surface area (Å²) in [7, 11) is 0. The molecule has 3 nitrogen and oxygen atoms in total. The zero-order valence-electron chi connectivity index (χ0n) is 10.6. The number of hydrogen-bond acceptors (Lipinski definition) is 2. The van der Waals surface area contributed by atoms with Crippen LogP contribution in [-0.4, -0.2) is 9.97 Å². The number of halogens is 1. The SMILES string of the molecule is Cc1nc(Br)ccc1NCc1c[nH]c2ccccc12. The second kappa shape index (κ2) is 5.05. The van der Waals surface area contributed by atoms with Gasteiger partial charge in [-0.15, -0.1) is 0 Å². The lowest BCUT2D eigenvalue weighted by Gasteiger charge is -2.08. The molecule has 0 aliphatic heterocycles. The Hall–Kier alpha value is -1.81. The molecule has 0 amide bonds. The first-order valence-corrected chi connectivity index (χ1v) is 6.95. The lowest BCUT2D eigenvalue weighted by molar-refractivity contribution is 1.10. The maximum absolute atomic E-state index is 4.38. The van der Waals surface area contributed by atoms with E-state index in [1.165, 1.54) is 16.5 Å². The molecule has 0 saturated heterocycles. The second-order valence-corrected chi connectivity index (χ2v) is 5.29. The van der Waals surface area contributed by atoms with Gasteiger partial charge in [0.25, 0.3) is 0 Å². The number of pyridine rings is 1. The molecule has 0 fully saturated rings. The second-order valence-electron chi connectivity index (χ2n) is 4.48. The predicted molar refractivity (Wildman–Crippen MR) is 82.3 cm³/mol. The zero-order valence-corrected chi connectivity index (χ0v) is 12.2. The van der Waals surface area contributed by atoms with Gasteiger partial charge < -0.3 is 10.3 Å². The van der Waals surface area contributed by atoms with Gasteiger partial charge in [0.05, 0.1) is 11.4 Å². The third kappa shape index (κ3) is 2.49. The molecule has 3 rings (SSSR count). The standard InChI is InChI=1S/C15H14BrN3/c1-10-13(6-7-15(16)19-10)17-8-11-9-18-14-5-3-2-4-12(11)14/h2-7,9,17-18H,8H2,1H3. The maximum Gasteiger partial charge on any atom is 0.106 e. The minimum Gasteiger partial charge on any atom is -0.379 e. The molecule has 0 unspecified atom stereocenters. The van der Waals surface area contributed by atoms with Gasteiger partial charge in [0.1, 0.15) is 4.60 Å². The Kier molecular flexibility index (Phi) is 3.25. The van der Waals surface area contributed by atoms with E-state index in [-0.39, 0.29) is 0 Å². The number of hydrogen-bond donors (Lipinski definition) is 2. The first-order chi connectivity index (χ1) is 9.24. The third-order valence-corrected chi connectivity index (χ3v) is 3.64. The fraction of sp³-hybridized carbons (Fsp3) is 0.133. The van der Waals surface area contributed by atoms with E-state index in [2.05, 4.69) is 55.6 Å². The third-order valence-electron chi connectivity index (χ3n) is 3.20. The van der Waals surface area contributed by atoms with Gasteiger partial charge in [0, 0.05) is 23.6 Å². The van der Waals surface area contributed by atoms with Gasteiger partial charge in [-0.1, -0.05) is 18.2 Å². The Morgan fingerprint density at radius 1 is 1.21 bits per heavy atom. The minimum absolute atomic E-state index is 0.786. The Balaban J connectivity index is 1.82. The van der Waals surface area contributed by atoms with Crippen LogP contribution in [0, 0.1) is 6.92 Å². The number of aromatic nitrogens is 2. The van der Waals surface area contributed by atoms with Crippen LogP contribution >= 0.6 is 15.9 Å². The summed E-state index contributed by atoms with van der Waals surface area (Å²) in [6.07, 6.45) is 2.05. The van der Waals surface area contributed by atoms with E-state index in [1.807, 2.05) is 25.1 Å². The van der Waals surface area contributed by atoms with E-state index < -0.39 is 0 Å². The number of nitrogens with zero attached hydrogens (tertiary/aromatic N) is 1. The summed E-state index contributed by atoms with van der Waals surface area (Å²) in [6.45, 7) is 2.79. The molecule has 0 radical (unpaired) electrons. The van der Waals surface area contributed by atoms with Crippen molar-refractivity contribution >= 4 is 32.5 Å². The zero-order chi connectivity index (χ0) is 13.2. The summed E-state index contributed by atoms with van der Waals surface area (Å²) in [5.74, 6) is 0. The lowest BCUT2D eigenvalue weighted by Crippen LogP contribution is -2.01. The van der Waals surface area contributed by atoms with Crippen LogP contribution in [0.5, 0.6) is 0 Å². The first kappa shape index (κ1) is 12.2. The van der Waals surface area contributed by atoms with E-state index in [1.54, 1.807) is 0 Å². The highest BCUT2D eigenvalue weighted by atomic mass is 79.9. The molecule has 0 aliphatic rings. The first-order valence-electron chi connectivity index (χ1n) is 6.16. The van der Waals surface area contributed by atoms with Crippen molar-refractivity contribution in [3.8, 4) is 0 Å². The highest BCUT2D eigenvalue weighted by Gasteiger charge is 2.04. The average Bonchev–Trinajstić information content (AvgIpc) is 2.81. The Bertz CT molecular complexity index is 718. The average molecular weight is 316 g/mol. The van der Waals surface area contributed by atoms with Gasteiger partial charge in [0.15, 0.2) is 0 Å². The number of nitrogens with one attached hydrogen (secondary N) is 2. The highest BCUT2D eigenvalue weighted by Crippen LogP contribution is 2.21. The molecule has 0 saturated carbocycles. The summed E-state index contributed by atoms with van der Waals surface area (Å²) in [4.78, 5) is 7.67. The summed E-state index contributed by atoms with van der Waals surface area (Å²) in [5, 5.41) is 4.69. The van der Waals surface area contributed by atoms with Crippen molar-refractivity contribution in [2.24, 2.45) is 0 Å². The molecule has 0 aliphatic carbocycles. The molecular weight excluding hydrogens is 302 g/mol. The number of para-hydroxylation sites is 1. The molecular formula is C15H14BrN3. The molecule has 0 atom stereocenters. The number of benzene rings is 1. The number of aryl methyl sites for hydroxylation is 1. The van der Waals surface area contributed by atoms with E-state index in [9.17, 15) is 0 Å². The minimum atomic E-state index is 0.786. The van der Waals surface area contributed by atoms with Gasteiger partial charge in [0.2, 0.25) is 0 Å². The van der Waals surface area contributed by atoms with Gasteiger partial charge in [-0.05, 0) is 46.6 Å². The molecule has 4 heteroatoms. The van der Waals surface area contributed by atoms with Crippen LogP contribution in [-0.2, 0) is 6.54 Å². The van der Waals surface area contributed by atoms with E-state index in [4.69, 9.17) is 0 Å². The molecule has 3 aromatic rings. The Labute approximate surface area is 120 Å². The van der Waals surface area contributed by atoms with Gasteiger partial charge in [-0.3, -0.25) is 0 Å². The van der Waals surface area contributed by atoms with Crippen molar-refractivity contribution in [1.29, 1.82) is 0 Å². The molecule has 2 heterocycles. The van der Waals surface area contributed by atoms with Crippen molar-refractivity contribution < 1.29 is 0 Å². The molecule has 19 heavy (non-hydrogen) atoms. The van der Waals surface area contributed by atoms with Crippen molar-refractivity contribution in [3.05, 3.63) is 58.5 Å². The molecule has 2 N–H and O–H groups in total. The topological polar surface area (TPSA) is 40.7 Å². The predicted octanol–water partition coefficient (Wildman–Crippen LogP) is 4.25. The van der Waals surface area contributed by atoms with E-state index in [0.29, 0.717) is 0 Å². The van der Waals surface area contributed by atoms with Crippen LogP contribution in [0.1, 0.15) is 11.3 Å². The smallest absolute Gasteiger partial charge is 0.106 e. The normalized spacial score (nSPS) is 10.8. The van der Waals surface area contributed by atoms with Crippen LogP contribution in [0.3, 0.4) is 0 Å².